The normalized spacial score (nSPS) is 9.00. The van der Waals surface area contributed by atoms with Gasteiger partial charge in [0, 0.05) is 0 Å². The Kier molecular flexibility index (Phi) is 3.08. The Labute approximate surface area is 71.5 Å². The first-order valence-electron chi connectivity index (χ1n) is 3.61. The number of carbonyl (C=O) groups excluding carboxylic acids is 1. The molecule has 0 aliphatic rings. The SMILES string of the molecule is C=CCc1ccccc1O[C]=O. The van der Waals surface area contributed by atoms with Crippen LogP contribution in [0.4, 0.5) is 0 Å². The number of hydrogen-bond acceptors (Lipinski definition) is 2. The van der Waals surface area contributed by atoms with Crippen molar-refractivity contribution in [3.63, 3.8) is 0 Å². The van der Waals surface area contributed by atoms with E-state index < -0.39 is 0 Å². The molecule has 0 aromatic heterocycles. The quantitative estimate of drug-likeness (QED) is 0.630. The Morgan fingerprint density at radius 1 is 1.50 bits per heavy atom. The summed E-state index contributed by atoms with van der Waals surface area (Å²) >= 11 is 0. The smallest absolute Gasteiger partial charge is 0.418 e. The minimum absolute atomic E-state index is 0.549. The maximum absolute atomic E-state index is 9.96. The number of para-hydroxylation sites is 1. The molecule has 0 bridgehead atoms. The first-order valence-corrected chi connectivity index (χ1v) is 3.61. The summed E-state index contributed by atoms with van der Waals surface area (Å²) in [5.74, 6) is 0.549. The third-order valence-electron chi connectivity index (χ3n) is 1.49. The molecule has 1 radical (unpaired) electrons. The van der Waals surface area contributed by atoms with Gasteiger partial charge in [-0.05, 0) is 18.1 Å². The van der Waals surface area contributed by atoms with E-state index in [-0.39, 0.29) is 0 Å². The largest absolute Gasteiger partial charge is 0.423 e. The summed E-state index contributed by atoms with van der Waals surface area (Å²) in [6.07, 6.45) is 2.45. The average Bonchev–Trinajstić information content (AvgIpc) is 2.09. The lowest BCUT2D eigenvalue weighted by molar-refractivity contribution is 0.440. The summed E-state index contributed by atoms with van der Waals surface area (Å²) in [5, 5.41) is 0. The molecule has 0 saturated carbocycles. The Hall–Kier alpha value is -1.57. The minimum Gasteiger partial charge on any atom is -0.418 e. The van der Waals surface area contributed by atoms with Crippen molar-refractivity contribution in [1.82, 2.24) is 0 Å². The number of ether oxygens (including phenoxy) is 1. The molecule has 1 rings (SSSR count). The van der Waals surface area contributed by atoms with E-state index in [1.54, 1.807) is 18.2 Å². The lowest BCUT2D eigenvalue weighted by atomic mass is 10.1. The maximum atomic E-state index is 9.96. The van der Waals surface area contributed by atoms with Gasteiger partial charge in [-0.25, -0.2) is 4.79 Å². The summed E-state index contributed by atoms with van der Waals surface area (Å²) in [4.78, 5) is 9.96. The fourth-order valence-electron chi connectivity index (χ4n) is 0.972. The van der Waals surface area contributed by atoms with Gasteiger partial charge in [-0.2, -0.15) is 0 Å². The Bertz CT molecular complexity index is 250. The second kappa shape index (κ2) is 4.34. The summed E-state index contributed by atoms with van der Waals surface area (Å²) in [7, 11) is 0. The van der Waals surface area contributed by atoms with Gasteiger partial charge in [0.15, 0.2) is 0 Å². The molecule has 61 valence electrons. The molecular weight excluding hydrogens is 152 g/mol. The Morgan fingerprint density at radius 2 is 2.25 bits per heavy atom. The highest BCUT2D eigenvalue weighted by atomic mass is 16.5. The first kappa shape index (κ1) is 8.53. The second-order valence-electron chi connectivity index (χ2n) is 2.29. The van der Waals surface area contributed by atoms with Gasteiger partial charge in [0.1, 0.15) is 5.75 Å². The molecule has 0 spiro atoms. The number of benzene rings is 1. The molecule has 0 saturated heterocycles. The predicted octanol–water partition coefficient (Wildman–Crippen LogP) is 1.86. The van der Waals surface area contributed by atoms with E-state index in [9.17, 15) is 4.79 Å². The van der Waals surface area contributed by atoms with E-state index in [4.69, 9.17) is 0 Å². The van der Waals surface area contributed by atoms with Crippen molar-refractivity contribution < 1.29 is 9.53 Å². The molecule has 0 N–H and O–H groups in total. The highest BCUT2D eigenvalue weighted by Gasteiger charge is 1.99. The van der Waals surface area contributed by atoms with Gasteiger partial charge in [-0.15, -0.1) is 6.58 Å². The van der Waals surface area contributed by atoms with Crippen LogP contribution in [0.1, 0.15) is 5.56 Å². The monoisotopic (exact) mass is 161 g/mol. The first-order chi connectivity index (χ1) is 5.88. The molecule has 0 aliphatic heterocycles. The van der Waals surface area contributed by atoms with Crippen LogP contribution in [0.2, 0.25) is 0 Å². The van der Waals surface area contributed by atoms with Crippen molar-refractivity contribution >= 4 is 6.47 Å². The minimum atomic E-state index is 0.549. The third-order valence-corrected chi connectivity index (χ3v) is 1.49. The standard InChI is InChI=1S/C10H9O2/c1-2-5-9-6-3-4-7-10(9)12-8-11/h2-4,6-7H,1,5H2. The van der Waals surface area contributed by atoms with Crippen molar-refractivity contribution in [3.05, 3.63) is 42.5 Å². The number of allylic oxidation sites excluding steroid dienone is 1. The van der Waals surface area contributed by atoms with Gasteiger partial charge < -0.3 is 4.74 Å². The molecule has 0 amide bonds. The van der Waals surface area contributed by atoms with Crippen molar-refractivity contribution in [2.24, 2.45) is 0 Å². The molecular formula is C10H9O2. The van der Waals surface area contributed by atoms with Crippen LogP contribution < -0.4 is 4.74 Å². The number of hydrogen-bond donors (Lipinski definition) is 0. The van der Waals surface area contributed by atoms with Gasteiger partial charge in [-0.3, -0.25) is 0 Å². The topological polar surface area (TPSA) is 26.3 Å². The predicted molar refractivity (Wildman–Crippen MR) is 46.7 cm³/mol. The van der Waals surface area contributed by atoms with E-state index in [1.807, 2.05) is 12.1 Å². The van der Waals surface area contributed by atoms with Crippen LogP contribution in [-0.2, 0) is 11.2 Å². The summed E-state index contributed by atoms with van der Waals surface area (Å²) < 4.78 is 4.64. The third kappa shape index (κ3) is 1.95. The summed E-state index contributed by atoms with van der Waals surface area (Å²) in [6, 6.07) is 7.30. The lowest BCUT2D eigenvalue weighted by Crippen LogP contribution is -1.92. The molecule has 2 nitrogen and oxygen atoms in total. The van der Waals surface area contributed by atoms with E-state index in [1.165, 1.54) is 6.47 Å². The molecule has 0 atom stereocenters. The van der Waals surface area contributed by atoms with Gasteiger partial charge in [-0.1, -0.05) is 24.3 Å². The fourth-order valence-corrected chi connectivity index (χ4v) is 0.972. The highest BCUT2D eigenvalue weighted by Crippen LogP contribution is 2.17. The second-order valence-corrected chi connectivity index (χ2v) is 2.29. The maximum Gasteiger partial charge on any atom is 0.423 e. The van der Waals surface area contributed by atoms with Crippen LogP contribution in [0, 0.1) is 0 Å². The van der Waals surface area contributed by atoms with Gasteiger partial charge in [0.2, 0.25) is 0 Å². The highest BCUT2D eigenvalue weighted by molar-refractivity contribution is 5.48. The van der Waals surface area contributed by atoms with Crippen LogP contribution in [0.15, 0.2) is 36.9 Å². The Balaban J connectivity index is 2.90. The van der Waals surface area contributed by atoms with Crippen LogP contribution in [0.5, 0.6) is 5.75 Å². The van der Waals surface area contributed by atoms with Crippen molar-refractivity contribution in [2.75, 3.05) is 0 Å². The molecule has 0 aliphatic carbocycles. The van der Waals surface area contributed by atoms with Crippen LogP contribution in [0.25, 0.3) is 0 Å². The zero-order valence-electron chi connectivity index (χ0n) is 6.62. The van der Waals surface area contributed by atoms with Crippen molar-refractivity contribution in [3.8, 4) is 5.75 Å². The van der Waals surface area contributed by atoms with Crippen molar-refractivity contribution in [1.29, 1.82) is 0 Å². The van der Waals surface area contributed by atoms with E-state index >= 15 is 0 Å². The van der Waals surface area contributed by atoms with Gasteiger partial charge in [0.25, 0.3) is 0 Å². The van der Waals surface area contributed by atoms with E-state index in [0.29, 0.717) is 12.2 Å². The van der Waals surface area contributed by atoms with Crippen LogP contribution in [0.3, 0.4) is 0 Å². The summed E-state index contributed by atoms with van der Waals surface area (Å²) in [6.45, 7) is 5.00. The number of rotatable bonds is 4. The molecule has 1 aromatic rings. The van der Waals surface area contributed by atoms with E-state index in [0.717, 1.165) is 5.56 Å². The molecule has 1 aromatic carbocycles. The molecule has 0 heterocycles. The lowest BCUT2D eigenvalue weighted by Gasteiger charge is -2.02. The van der Waals surface area contributed by atoms with Gasteiger partial charge >= 0.3 is 6.47 Å². The molecule has 12 heavy (non-hydrogen) atoms. The molecule has 0 fully saturated rings. The molecule has 0 unspecified atom stereocenters. The summed E-state index contributed by atoms with van der Waals surface area (Å²) in [5.41, 5.74) is 0.941. The van der Waals surface area contributed by atoms with E-state index in [2.05, 4.69) is 11.3 Å². The Morgan fingerprint density at radius 3 is 2.92 bits per heavy atom. The van der Waals surface area contributed by atoms with Crippen molar-refractivity contribution in [2.45, 2.75) is 6.42 Å². The van der Waals surface area contributed by atoms with Gasteiger partial charge in [0.05, 0.1) is 0 Å². The van der Waals surface area contributed by atoms with Crippen LogP contribution >= 0.6 is 0 Å². The molecule has 2 heteroatoms. The zero-order valence-corrected chi connectivity index (χ0v) is 6.62. The zero-order chi connectivity index (χ0) is 8.81. The fraction of sp³-hybridized carbons (Fsp3) is 0.100. The van der Waals surface area contributed by atoms with Crippen LogP contribution in [-0.4, -0.2) is 6.47 Å². The average molecular weight is 161 g/mol.